The smallest absolute Gasteiger partial charge is 0.287 e. The van der Waals surface area contributed by atoms with Crippen LogP contribution in [0.15, 0.2) is 53.1 Å². The van der Waals surface area contributed by atoms with E-state index in [9.17, 15) is 9.59 Å². The molecule has 0 spiro atoms. The highest BCUT2D eigenvalue weighted by Crippen LogP contribution is 2.20. The highest BCUT2D eigenvalue weighted by molar-refractivity contribution is 5.95. The second kappa shape index (κ2) is 8.86. The Morgan fingerprint density at radius 3 is 2.67 bits per heavy atom. The summed E-state index contributed by atoms with van der Waals surface area (Å²) in [5.41, 5.74) is 1.31. The number of nitrogens with one attached hydrogen (secondary N) is 2. The van der Waals surface area contributed by atoms with Gasteiger partial charge in [0.05, 0.1) is 6.26 Å². The van der Waals surface area contributed by atoms with Crippen LogP contribution in [0, 0.1) is 0 Å². The first-order valence-electron chi connectivity index (χ1n) is 9.45. The summed E-state index contributed by atoms with van der Waals surface area (Å²) in [4.78, 5) is 26.9. The van der Waals surface area contributed by atoms with Crippen molar-refractivity contribution < 1.29 is 14.0 Å². The first kappa shape index (κ1) is 19.2. The lowest BCUT2D eigenvalue weighted by Gasteiger charge is -2.38. The third-order valence-electron chi connectivity index (χ3n) is 5.07. The Morgan fingerprint density at radius 1 is 1.22 bits per heavy atom. The summed E-state index contributed by atoms with van der Waals surface area (Å²) < 4.78 is 5.05. The zero-order valence-corrected chi connectivity index (χ0v) is 15.9. The van der Waals surface area contributed by atoms with Gasteiger partial charge in [-0.05, 0) is 44.4 Å². The monoisotopic (exact) mass is 369 g/mol. The molecule has 6 nitrogen and oxygen atoms in total. The van der Waals surface area contributed by atoms with Crippen LogP contribution in [-0.2, 0) is 11.3 Å². The number of nitrogens with zero attached hydrogens (tertiary/aromatic N) is 1. The van der Waals surface area contributed by atoms with E-state index < -0.39 is 6.04 Å². The molecule has 144 valence electrons. The van der Waals surface area contributed by atoms with Gasteiger partial charge in [0.1, 0.15) is 6.04 Å². The van der Waals surface area contributed by atoms with Crippen molar-refractivity contribution >= 4 is 11.8 Å². The number of amides is 2. The lowest BCUT2D eigenvalue weighted by molar-refractivity contribution is -0.123. The molecule has 0 bridgehead atoms. The molecule has 0 unspecified atom stereocenters. The molecular weight excluding hydrogens is 342 g/mol. The summed E-state index contributed by atoms with van der Waals surface area (Å²) in [5.74, 6) is -0.338. The lowest BCUT2D eigenvalue weighted by Crippen LogP contribution is -2.52. The molecule has 1 aliphatic heterocycles. The fourth-order valence-corrected chi connectivity index (χ4v) is 3.47. The Bertz CT molecular complexity index is 745. The SMILES string of the molecule is C[C@H](NC(=O)c1ccco1)C(=O)N[C@@H]1CCN(Cc2ccccc2)[C@H](C)C1. The van der Waals surface area contributed by atoms with Gasteiger partial charge in [-0.3, -0.25) is 14.5 Å². The third-order valence-corrected chi connectivity index (χ3v) is 5.07. The highest BCUT2D eigenvalue weighted by Gasteiger charge is 2.28. The van der Waals surface area contributed by atoms with Crippen molar-refractivity contribution in [3.8, 4) is 0 Å². The number of rotatable bonds is 6. The summed E-state index contributed by atoms with van der Waals surface area (Å²) in [5, 5.41) is 5.74. The molecule has 0 saturated carbocycles. The molecule has 0 radical (unpaired) electrons. The van der Waals surface area contributed by atoms with E-state index in [1.807, 2.05) is 6.07 Å². The van der Waals surface area contributed by atoms with E-state index in [1.165, 1.54) is 11.8 Å². The Balaban J connectivity index is 1.46. The minimum atomic E-state index is -0.611. The van der Waals surface area contributed by atoms with Gasteiger partial charge in [0, 0.05) is 25.2 Å². The summed E-state index contributed by atoms with van der Waals surface area (Å²) >= 11 is 0. The predicted octanol–water partition coefficient (Wildman–Crippen LogP) is 2.57. The van der Waals surface area contributed by atoms with Crippen LogP contribution in [-0.4, -0.2) is 41.4 Å². The Morgan fingerprint density at radius 2 is 2.00 bits per heavy atom. The summed E-state index contributed by atoms with van der Waals surface area (Å²) in [7, 11) is 0. The van der Waals surface area contributed by atoms with Crippen LogP contribution in [0.4, 0.5) is 0 Å². The van der Waals surface area contributed by atoms with Crippen LogP contribution < -0.4 is 10.6 Å². The number of piperidine rings is 1. The highest BCUT2D eigenvalue weighted by atomic mass is 16.3. The molecule has 2 heterocycles. The Labute approximate surface area is 159 Å². The summed E-state index contributed by atoms with van der Waals surface area (Å²) in [6.45, 7) is 5.75. The van der Waals surface area contributed by atoms with Crippen LogP contribution in [0.2, 0.25) is 0 Å². The maximum absolute atomic E-state index is 12.4. The number of carbonyl (C=O) groups excluding carboxylic acids is 2. The Hall–Kier alpha value is -2.60. The second-order valence-electron chi connectivity index (χ2n) is 7.21. The standard InChI is InChI=1S/C21H27N3O3/c1-15-13-18(10-11-24(15)14-17-7-4-3-5-8-17)23-20(25)16(2)22-21(26)19-9-6-12-27-19/h3-9,12,15-16,18H,10-11,13-14H2,1-2H3,(H,22,26)(H,23,25)/t15-,16+,18-/m1/s1. The van der Waals surface area contributed by atoms with E-state index in [2.05, 4.69) is 46.7 Å². The average molecular weight is 369 g/mol. The number of hydrogen-bond acceptors (Lipinski definition) is 4. The third kappa shape index (κ3) is 5.20. The van der Waals surface area contributed by atoms with Crippen LogP contribution in [0.5, 0.6) is 0 Å². The van der Waals surface area contributed by atoms with Crippen molar-refractivity contribution in [2.75, 3.05) is 6.54 Å². The molecule has 27 heavy (non-hydrogen) atoms. The van der Waals surface area contributed by atoms with Gasteiger partial charge in [0.15, 0.2) is 5.76 Å². The quantitative estimate of drug-likeness (QED) is 0.821. The number of hydrogen-bond donors (Lipinski definition) is 2. The van der Waals surface area contributed by atoms with Gasteiger partial charge in [0.2, 0.25) is 5.91 Å². The van der Waals surface area contributed by atoms with Crippen LogP contribution in [0.25, 0.3) is 0 Å². The number of benzene rings is 1. The number of carbonyl (C=O) groups is 2. The topological polar surface area (TPSA) is 74.6 Å². The maximum Gasteiger partial charge on any atom is 0.287 e. The molecule has 2 amide bonds. The minimum Gasteiger partial charge on any atom is -0.459 e. The lowest BCUT2D eigenvalue weighted by atomic mass is 9.97. The number of furan rings is 1. The van der Waals surface area contributed by atoms with Crippen LogP contribution in [0.3, 0.4) is 0 Å². The molecule has 2 N–H and O–H groups in total. The van der Waals surface area contributed by atoms with Gasteiger partial charge in [0.25, 0.3) is 5.91 Å². The van der Waals surface area contributed by atoms with Crippen molar-refractivity contribution in [3.63, 3.8) is 0 Å². The van der Waals surface area contributed by atoms with E-state index in [1.54, 1.807) is 19.1 Å². The van der Waals surface area contributed by atoms with Crippen molar-refractivity contribution in [2.45, 2.75) is 51.4 Å². The molecular formula is C21H27N3O3. The molecule has 1 saturated heterocycles. The molecule has 6 heteroatoms. The van der Waals surface area contributed by atoms with Crippen LogP contribution in [0.1, 0.15) is 42.8 Å². The summed E-state index contributed by atoms with van der Waals surface area (Å²) in [6.07, 6.45) is 3.24. The largest absolute Gasteiger partial charge is 0.459 e. The average Bonchev–Trinajstić information content (AvgIpc) is 3.19. The van der Waals surface area contributed by atoms with Gasteiger partial charge in [-0.2, -0.15) is 0 Å². The fourth-order valence-electron chi connectivity index (χ4n) is 3.47. The van der Waals surface area contributed by atoms with Gasteiger partial charge in [-0.25, -0.2) is 0 Å². The van der Waals surface area contributed by atoms with Gasteiger partial charge >= 0.3 is 0 Å². The zero-order valence-electron chi connectivity index (χ0n) is 15.9. The van der Waals surface area contributed by atoms with E-state index >= 15 is 0 Å². The second-order valence-corrected chi connectivity index (χ2v) is 7.21. The van der Waals surface area contributed by atoms with Crippen molar-refractivity contribution in [2.24, 2.45) is 0 Å². The molecule has 3 atom stereocenters. The van der Waals surface area contributed by atoms with Crippen LogP contribution >= 0.6 is 0 Å². The van der Waals surface area contributed by atoms with Gasteiger partial charge in [-0.1, -0.05) is 30.3 Å². The molecule has 2 aromatic rings. The normalized spacial score (nSPS) is 21.4. The summed E-state index contributed by atoms with van der Waals surface area (Å²) in [6, 6.07) is 13.6. The van der Waals surface area contributed by atoms with Gasteiger partial charge < -0.3 is 15.1 Å². The predicted molar refractivity (Wildman–Crippen MR) is 103 cm³/mol. The first-order valence-corrected chi connectivity index (χ1v) is 9.45. The molecule has 1 aromatic heterocycles. The minimum absolute atomic E-state index is 0.127. The molecule has 1 aromatic carbocycles. The molecule has 3 rings (SSSR count). The van der Waals surface area contributed by atoms with E-state index in [4.69, 9.17) is 4.42 Å². The first-order chi connectivity index (χ1) is 13.0. The van der Waals surface area contributed by atoms with Crippen molar-refractivity contribution in [1.29, 1.82) is 0 Å². The number of likely N-dealkylation sites (tertiary alicyclic amines) is 1. The fraction of sp³-hybridized carbons (Fsp3) is 0.429. The van der Waals surface area contributed by atoms with E-state index in [0.717, 1.165) is 25.9 Å². The van der Waals surface area contributed by atoms with E-state index in [0.29, 0.717) is 6.04 Å². The molecule has 1 aliphatic rings. The van der Waals surface area contributed by atoms with E-state index in [-0.39, 0.29) is 23.6 Å². The van der Waals surface area contributed by atoms with Gasteiger partial charge in [-0.15, -0.1) is 0 Å². The molecule has 1 fully saturated rings. The maximum atomic E-state index is 12.4. The zero-order chi connectivity index (χ0) is 19.2. The Kier molecular flexibility index (Phi) is 6.29. The molecule has 0 aliphatic carbocycles. The van der Waals surface area contributed by atoms with Crippen molar-refractivity contribution in [1.82, 2.24) is 15.5 Å². The van der Waals surface area contributed by atoms with Crippen molar-refractivity contribution in [3.05, 3.63) is 60.1 Å².